The molecular formula is C12H15FN2O3. The normalized spacial score (nSPS) is 17.7. The van der Waals surface area contributed by atoms with Gasteiger partial charge >= 0.3 is 5.97 Å². The van der Waals surface area contributed by atoms with Crippen molar-refractivity contribution < 1.29 is 19.4 Å². The minimum atomic E-state index is -1.34. The maximum absolute atomic E-state index is 13.7. The number of nitrogens with one attached hydrogen (secondary N) is 1. The number of aliphatic hydroxyl groups is 1. The number of rotatable bonds is 4. The van der Waals surface area contributed by atoms with E-state index in [0.717, 1.165) is 18.9 Å². The third-order valence-corrected chi connectivity index (χ3v) is 3.24. The van der Waals surface area contributed by atoms with Crippen molar-refractivity contribution in [3.8, 4) is 0 Å². The van der Waals surface area contributed by atoms with Crippen LogP contribution in [0.15, 0.2) is 12.3 Å². The molecule has 0 amide bonds. The summed E-state index contributed by atoms with van der Waals surface area (Å²) in [5, 5.41) is 21.6. The third-order valence-electron chi connectivity index (χ3n) is 3.24. The van der Waals surface area contributed by atoms with Gasteiger partial charge in [0, 0.05) is 12.7 Å². The minimum absolute atomic E-state index is 0.129. The molecule has 0 atom stereocenters. The highest BCUT2D eigenvalue weighted by atomic mass is 19.1. The van der Waals surface area contributed by atoms with Crippen molar-refractivity contribution in [2.45, 2.75) is 31.3 Å². The molecule has 1 heterocycles. The Kier molecular flexibility index (Phi) is 3.47. The van der Waals surface area contributed by atoms with Crippen LogP contribution in [0, 0.1) is 5.82 Å². The van der Waals surface area contributed by atoms with Crippen LogP contribution in [-0.4, -0.2) is 33.3 Å². The maximum Gasteiger partial charge on any atom is 0.338 e. The molecule has 18 heavy (non-hydrogen) atoms. The van der Waals surface area contributed by atoms with Crippen LogP contribution in [0.5, 0.6) is 0 Å². The minimum Gasteiger partial charge on any atom is -0.478 e. The first-order valence-electron chi connectivity index (χ1n) is 5.86. The molecule has 2 rings (SSSR count). The van der Waals surface area contributed by atoms with Crippen LogP contribution in [0.4, 0.5) is 10.2 Å². The van der Waals surface area contributed by atoms with E-state index in [-0.39, 0.29) is 12.4 Å². The zero-order chi connectivity index (χ0) is 13.2. The van der Waals surface area contributed by atoms with Crippen LogP contribution in [0.2, 0.25) is 0 Å². The van der Waals surface area contributed by atoms with Gasteiger partial charge in [-0.05, 0) is 18.9 Å². The van der Waals surface area contributed by atoms with Crippen LogP contribution >= 0.6 is 0 Å². The molecule has 0 saturated heterocycles. The Bertz CT molecular complexity index is 459. The molecule has 1 aromatic heterocycles. The highest BCUT2D eigenvalue weighted by molar-refractivity contribution is 5.88. The Balaban J connectivity index is 2.10. The van der Waals surface area contributed by atoms with Crippen molar-refractivity contribution in [2.24, 2.45) is 0 Å². The van der Waals surface area contributed by atoms with E-state index in [4.69, 9.17) is 5.11 Å². The largest absolute Gasteiger partial charge is 0.478 e. The van der Waals surface area contributed by atoms with Gasteiger partial charge in [-0.2, -0.15) is 0 Å². The number of carbonyl (C=O) groups is 1. The van der Waals surface area contributed by atoms with E-state index in [1.807, 2.05) is 0 Å². The summed E-state index contributed by atoms with van der Waals surface area (Å²) in [4.78, 5) is 14.5. The molecule has 1 aliphatic rings. The van der Waals surface area contributed by atoms with Gasteiger partial charge in [-0.15, -0.1) is 0 Å². The topological polar surface area (TPSA) is 82.5 Å². The average molecular weight is 254 g/mol. The second-order valence-corrected chi connectivity index (χ2v) is 4.61. The van der Waals surface area contributed by atoms with Crippen LogP contribution in [0.25, 0.3) is 0 Å². The summed E-state index contributed by atoms with van der Waals surface area (Å²) in [5.74, 6) is -2.36. The number of aromatic carboxylic acids is 1. The Morgan fingerprint density at radius 3 is 2.78 bits per heavy atom. The molecule has 98 valence electrons. The van der Waals surface area contributed by atoms with Crippen LogP contribution < -0.4 is 5.32 Å². The predicted molar refractivity (Wildman–Crippen MR) is 63.1 cm³/mol. The fourth-order valence-electron chi connectivity index (χ4n) is 2.19. The molecule has 0 aliphatic heterocycles. The maximum atomic E-state index is 13.7. The zero-order valence-electron chi connectivity index (χ0n) is 9.82. The number of anilines is 1. The van der Waals surface area contributed by atoms with Crippen LogP contribution in [0.3, 0.4) is 0 Å². The Hall–Kier alpha value is -1.69. The smallest absolute Gasteiger partial charge is 0.338 e. The summed E-state index contributed by atoms with van der Waals surface area (Å²) in [5.41, 5.74) is -1.27. The van der Waals surface area contributed by atoms with Gasteiger partial charge in [0.05, 0.1) is 5.60 Å². The number of hydrogen-bond acceptors (Lipinski definition) is 4. The monoisotopic (exact) mass is 254 g/mol. The predicted octanol–water partition coefficient (Wildman–Crippen LogP) is 1.64. The second-order valence-electron chi connectivity index (χ2n) is 4.61. The van der Waals surface area contributed by atoms with Gasteiger partial charge in [0.2, 0.25) is 0 Å². The molecule has 1 aliphatic carbocycles. The summed E-state index contributed by atoms with van der Waals surface area (Å²) in [6.07, 6.45) is 4.46. The van der Waals surface area contributed by atoms with E-state index < -0.39 is 23.0 Å². The molecule has 1 aromatic rings. The highest BCUT2D eigenvalue weighted by Crippen LogP contribution is 2.29. The molecule has 0 unspecified atom stereocenters. The lowest BCUT2D eigenvalue weighted by atomic mass is 10.0. The van der Waals surface area contributed by atoms with Gasteiger partial charge < -0.3 is 15.5 Å². The number of carboxylic acid groups (broad SMARTS) is 1. The van der Waals surface area contributed by atoms with E-state index in [2.05, 4.69) is 10.3 Å². The molecule has 1 saturated carbocycles. The van der Waals surface area contributed by atoms with Crippen molar-refractivity contribution in [3.05, 3.63) is 23.6 Å². The molecule has 5 nitrogen and oxygen atoms in total. The first-order chi connectivity index (χ1) is 8.52. The van der Waals surface area contributed by atoms with E-state index in [0.29, 0.717) is 12.8 Å². The number of hydrogen-bond donors (Lipinski definition) is 3. The Morgan fingerprint density at radius 1 is 1.50 bits per heavy atom. The van der Waals surface area contributed by atoms with E-state index in [1.165, 1.54) is 6.20 Å². The van der Waals surface area contributed by atoms with Crippen molar-refractivity contribution in [2.75, 3.05) is 11.9 Å². The summed E-state index contributed by atoms with van der Waals surface area (Å²) in [7, 11) is 0. The fraction of sp³-hybridized carbons (Fsp3) is 0.500. The molecule has 1 fully saturated rings. The van der Waals surface area contributed by atoms with Gasteiger partial charge in [0.25, 0.3) is 0 Å². The van der Waals surface area contributed by atoms with Crippen LogP contribution in [-0.2, 0) is 0 Å². The number of pyridine rings is 1. The first-order valence-corrected chi connectivity index (χ1v) is 5.86. The van der Waals surface area contributed by atoms with Crippen molar-refractivity contribution in [3.63, 3.8) is 0 Å². The van der Waals surface area contributed by atoms with E-state index in [1.54, 1.807) is 0 Å². The second kappa shape index (κ2) is 4.89. The van der Waals surface area contributed by atoms with Gasteiger partial charge in [-0.25, -0.2) is 14.2 Å². The van der Waals surface area contributed by atoms with Crippen molar-refractivity contribution in [1.82, 2.24) is 4.98 Å². The summed E-state index contributed by atoms with van der Waals surface area (Å²) in [6.45, 7) is 0.181. The quantitative estimate of drug-likeness (QED) is 0.760. The lowest BCUT2D eigenvalue weighted by molar-refractivity contribution is 0.0613. The van der Waals surface area contributed by atoms with Crippen molar-refractivity contribution in [1.29, 1.82) is 0 Å². The SMILES string of the molecule is O=C(O)c1ccnc(NCC2(O)CCCC2)c1F. The Labute approximate surface area is 104 Å². The molecule has 0 bridgehead atoms. The summed E-state index contributed by atoms with van der Waals surface area (Å²) in [6, 6.07) is 1.10. The molecule has 0 spiro atoms. The molecule has 3 N–H and O–H groups in total. The lowest BCUT2D eigenvalue weighted by Gasteiger charge is -2.22. The average Bonchev–Trinajstić information content (AvgIpc) is 2.75. The number of nitrogens with zero attached hydrogens (tertiary/aromatic N) is 1. The lowest BCUT2D eigenvalue weighted by Crippen LogP contribution is -2.34. The molecular weight excluding hydrogens is 239 g/mol. The van der Waals surface area contributed by atoms with Gasteiger partial charge in [-0.3, -0.25) is 0 Å². The number of carboxylic acids is 1. The fourth-order valence-corrected chi connectivity index (χ4v) is 2.19. The van der Waals surface area contributed by atoms with E-state index >= 15 is 0 Å². The summed E-state index contributed by atoms with van der Waals surface area (Å²) < 4.78 is 13.7. The van der Waals surface area contributed by atoms with Gasteiger partial charge in [-0.1, -0.05) is 12.8 Å². The molecule has 6 heteroatoms. The number of halogens is 1. The third kappa shape index (κ3) is 2.59. The van der Waals surface area contributed by atoms with Crippen molar-refractivity contribution >= 4 is 11.8 Å². The zero-order valence-corrected chi connectivity index (χ0v) is 9.82. The standard InChI is InChI=1S/C12H15FN2O3/c13-9-8(11(16)17)3-6-14-10(9)15-7-12(18)4-1-2-5-12/h3,6,18H,1-2,4-5,7H2,(H,14,15)(H,16,17). The van der Waals surface area contributed by atoms with Crippen LogP contribution in [0.1, 0.15) is 36.0 Å². The highest BCUT2D eigenvalue weighted by Gasteiger charge is 2.31. The van der Waals surface area contributed by atoms with Gasteiger partial charge in [0.15, 0.2) is 11.6 Å². The van der Waals surface area contributed by atoms with Gasteiger partial charge in [0.1, 0.15) is 5.56 Å². The molecule has 0 radical (unpaired) electrons. The first kappa shape index (κ1) is 12.8. The summed E-state index contributed by atoms with van der Waals surface area (Å²) >= 11 is 0. The molecule has 0 aromatic carbocycles. The number of aromatic nitrogens is 1. The Morgan fingerprint density at radius 2 is 2.17 bits per heavy atom. The van der Waals surface area contributed by atoms with E-state index in [9.17, 15) is 14.3 Å².